The Labute approximate surface area is 91.8 Å². The van der Waals surface area contributed by atoms with E-state index < -0.39 is 6.10 Å². The summed E-state index contributed by atoms with van der Waals surface area (Å²) in [7, 11) is 0. The minimum absolute atomic E-state index is 0.320. The Kier molecular flexibility index (Phi) is 2.84. The molecule has 78 valence electrons. The normalized spacial score (nSPS) is 12.7. The first-order valence-electron chi connectivity index (χ1n) is 4.64. The van der Waals surface area contributed by atoms with Crippen molar-refractivity contribution in [3.8, 4) is 0 Å². The first-order valence-corrected chi connectivity index (χ1v) is 5.59. The zero-order chi connectivity index (χ0) is 10.8. The monoisotopic (exact) mass is 222 g/mol. The minimum atomic E-state index is -0.730. The Bertz CT molecular complexity index is 464. The number of benzene rings is 1. The maximum Gasteiger partial charge on any atom is 0.123 e. The van der Waals surface area contributed by atoms with Crippen LogP contribution in [0.1, 0.15) is 22.8 Å². The largest absolute Gasteiger partial charge is 0.384 e. The molecule has 1 N–H and O–H groups in total. The first-order chi connectivity index (χ1) is 7.18. The third-order valence-corrected chi connectivity index (χ3v) is 3.23. The molecule has 1 heterocycles. The standard InChI is InChI=1S/C12H11FOS/c1-8-6-15-7-11(8)12(14)9-3-2-4-10(13)5-9/h2-7,12,14H,1H3. The van der Waals surface area contributed by atoms with Crippen LogP contribution in [0, 0.1) is 12.7 Å². The molecule has 2 rings (SSSR count). The summed E-state index contributed by atoms with van der Waals surface area (Å²) in [6, 6.07) is 6.07. The van der Waals surface area contributed by atoms with E-state index in [9.17, 15) is 9.50 Å². The van der Waals surface area contributed by atoms with Crippen molar-refractivity contribution in [3.63, 3.8) is 0 Å². The van der Waals surface area contributed by atoms with Gasteiger partial charge >= 0.3 is 0 Å². The maximum absolute atomic E-state index is 13.0. The predicted octanol–water partition coefficient (Wildman–Crippen LogP) is 3.28. The molecule has 2 aromatic rings. The molecule has 0 aliphatic carbocycles. The van der Waals surface area contributed by atoms with Crippen molar-refractivity contribution in [3.05, 3.63) is 57.5 Å². The Morgan fingerprint density at radius 1 is 1.33 bits per heavy atom. The van der Waals surface area contributed by atoms with Gasteiger partial charge < -0.3 is 5.11 Å². The van der Waals surface area contributed by atoms with Crippen molar-refractivity contribution in [2.75, 3.05) is 0 Å². The molecule has 0 bridgehead atoms. The number of aliphatic hydroxyl groups excluding tert-OH is 1. The average molecular weight is 222 g/mol. The molecule has 0 aliphatic heterocycles. The van der Waals surface area contributed by atoms with Crippen LogP contribution >= 0.6 is 11.3 Å². The summed E-state index contributed by atoms with van der Waals surface area (Å²) in [4.78, 5) is 0. The molecule has 15 heavy (non-hydrogen) atoms. The van der Waals surface area contributed by atoms with E-state index in [0.29, 0.717) is 5.56 Å². The number of aryl methyl sites for hydroxylation is 1. The van der Waals surface area contributed by atoms with Gasteiger partial charge in [0.2, 0.25) is 0 Å². The molecular weight excluding hydrogens is 211 g/mol. The zero-order valence-corrected chi connectivity index (χ0v) is 9.09. The van der Waals surface area contributed by atoms with Crippen molar-refractivity contribution in [2.45, 2.75) is 13.0 Å². The highest BCUT2D eigenvalue weighted by molar-refractivity contribution is 7.08. The molecule has 0 saturated carbocycles. The van der Waals surface area contributed by atoms with Crippen LogP contribution < -0.4 is 0 Å². The fourth-order valence-corrected chi connectivity index (χ4v) is 2.38. The van der Waals surface area contributed by atoms with E-state index in [-0.39, 0.29) is 5.82 Å². The van der Waals surface area contributed by atoms with Crippen LogP contribution in [-0.2, 0) is 0 Å². The lowest BCUT2D eigenvalue weighted by atomic mass is 10.0. The summed E-state index contributed by atoms with van der Waals surface area (Å²) in [6.45, 7) is 1.94. The van der Waals surface area contributed by atoms with Crippen LogP contribution in [0.4, 0.5) is 4.39 Å². The van der Waals surface area contributed by atoms with Crippen LogP contribution in [-0.4, -0.2) is 5.11 Å². The van der Waals surface area contributed by atoms with Gasteiger partial charge in [-0.1, -0.05) is 12.1 Å². The van der Waals surface area contributed by atoms with E-state index in [1.807, 2.05) is 17.7 Å². The third-order valence-electron chi connectivity index (χ3n) is 2.35. The molecule has 0 aliphatic rings. The number of halogens is 1. The van der Waals surface area contributed by atoms with Gasteiger partial charge in [0.1, 0.15) is 11.9 Å². The summed E-state index contributed by atoms with van der Waals surface area (Å²) in [6.07, 6.45) is -0.730. The predicted molar refractivity (Wildman–Crippen MR) is 59.5 cm³/mol. The van der Waals surface area contributed by atoms with Crippen LogP contribution in [0.2, 0.25) is 0 Å². The molecule has 1 aromatic heterocycles. The van der Waals surface area contributed by atoms with Crippen molar-refractivity contribution < 1.29 is 9.50 Å². The van der Waals surface area contributed by atoms with E-state index in [0.717, 1.165) is 11.1 Å². The van der Waals surface area contributed by atoms with Gasteiger partial charge in [0.25, 0.3) is 0 Å². The Balaban J connectivity index is 2.36. The maximum atomic E-state index is 13.0. The summed E-state index contributed by atoms with van der Waals surface area (Å²) >= 11 is 1.54. The van der Waals surface area contributed by atoms with Crippen molar-refractivity contribution in [1.82, 2.24) is 0 Å². The van der Waals surface area contributed by atoms with E-state index in [1.165, 1.54) is 23.5 Å². The molecule has 0 radical (unpaired) electrons. The molecule has 0 fully saturated rings. The number of aliphatic hydroxyl groups is 1. The molecular formula is C12H11FOS. The lowest BCUT2D eigenvalue weighted by molar-refractivity contribution is 0.219. The van der Waals surface area contributed by atoms with Crippen LogP contribution in [0.25, 0.3) is 0 Å². The number of rotatable bonds is 2. The molecule has 1 aromatic carbocycles. The number of thiophene rings is 1. The molecule has 0 saturated heterocycles. The first kappa shape index (κ1) is 10.3. The van der Waals surface area contributed by atoms with Gasteiger partial charge in [0.15, 0.2) is 0 Å². The highest BCUT2D eigenvalue weighted by atomic mass is 32.1. The van der Waals surface area contributed by atoms with Crippen LogP contribution in [0.15, 0.2) is 35.0 Å². The fourth-order valence-electron chi connectivity index (χ4n) is 1.51. The number of hydrogen-bond donors (Lipinski definition) is 1. The Hall–Kier alpha value is -1.19. The molecule has 1 atom stereocenters. The molecule has 0 spiro atoms. The van der Waals surface area contributed by atoms with E-state index in [2.05, 4.69) is 0 Å². The lowest BCUT2D eigenvalue weighted by Crippen LogP contribution is -1.99. The summed E-state index contributed by atoms with van der Waals surface area (Å²) in [5.41, 5.74) is 2.49. The third kappa shape index (κ3) is 2.08. The second-order valence-electron chi connectivity index (χ2n) is 3.47. The van der Waals surface area contributed by atoms with Crippen molar-refractivity contribution >= 4 is 11.3 Å². The average Bonchev–Trinajstić information content (AvgIpc) is 2.63. The van der Waals surface area contributed by atoms with E-state index in [4.69, 9.17) is 0 Å². The SMILES string of the molecule is Cc1cscc1C(O)c1cccc(F)c1. The molecule has 3 heteroatoms. The summed E-state index contributed by atoms with van der Waals surface area (Å²) in [5.74, 6) is -0.320. The molecule has 1 unspecified atom stereocenters. The van der Waals surface area contributed by atoms with Crippen LogP contribution in [0.5, 0.6) is 0 Å². The second-order valence-corrected chi connectivity index (χ2v) is 4.21. The van der Waals surface area contributed by atoms with Crippen molar-refractivity contribution in [2.24, 2.45) is 0 Å². The Morgan fingerprint density at radius 3 is 2.73 bits per heavy atom. The van der Waals surface area contributed by atoms with Gasteiger partial charge in [-0.2, -0.15) is 11.3 Å². The smallest absolute Gasteiger partial charge is 0.123 e. The van der Waals surface area contributed by atoms with Gasteiger partial charge in [-0.15, -0.1) is 0 Å². The van der Waals surface area contributed by atoms with Gasteiger partial charge in [0.05, 0.1) is 0 Å². The van der Waals surface area contributed by atoms with E-state index >= 15 is 0 Å². The summed E-state index contributed by atoms with van der Waals surface area (Å²) in [5, 5.41) is 13.9. The zero-order valence-electron chi connectivity index (χ0n) is 8.27. The highest BCUT2D eigenvalue weighted by Gasteiger charge is 2.13. The highest BCUT2D eigenvalue weighted by Crippen LogP contribution is 2.27. The second kappa shape index (κ2) is 4.13. The van der Waals surface area contributed by atoms with Gasteiger partial charge in [0, 0.05) is 0 Å². The topological polar surface area (TPSA) is 20.2 Å². The van der Waals surface area contributed by atoms with Gasteiger partial charge in [-0.25, -0.2) is 4.39 Å². The lowest BCUT2D eigenvalue weighted by Gasteiger charge is -2.10. The van der Waals surface area contributed by atoms with Gasteiger partial charge in [-0.05, 0) is 46.5 Å². The number of hydrogen-bond acceptors (Lipinski definition) is 2. The Morgan fingerprint density at radius 2 is 2.13 bits per heavy atom. The van der Waals surface area contributed by atoms with Crippen molar-refractivity contribution in [1.29, 1.82) is 0 Å². The molecule has 0 amide bonds. The van der Waals surface area contributed by atoms with Crippen LogP contribution in [0.3, 0.4) is 0 Å². The fraction of sp³-hybridized carbons (Fsp3) is 0.167. The summed E-state index contributed by atoms with van der Waals surface area (Å²) < 4.78 is 13.0. The minimum Gasteiger partial charge on any atom is -0.384 e. The van der Waals surface area contributed by atoms with E-state index in [1.54, 1.807) is 12.1 Å². The molecule has 1 nitrogen and oxygen atoms in total. The quantitative estimate of drug-likeness (QED) is 0.826. The van der Waals surface area contributed by atoms with Gasteiger partial charge in [-0.3, -0.25) is 0 Å².